The number of carbonyl (C=O) groups is 1. The Hall–Kier alpha value is -2.91. The molecule has 0 atom stereocenters. The molecule has 0 N–H and O–H groups in total. The SMILES string of the molecule is CC(C)(C(=O)N1CCc2ccccc2C1)c1ccccc1S(=O)(=O)/C=C/C#N. The van der Waals surface area contributed by atoms with Crippen molar-refractivity contribution in [1.29, 1.82) is 5.26 Å². The molecule has 2 aromatic carbocycles. The third-order valence-electron chi connectivity index (χ3n) is 5.14. The summed E-state index contributed by atoms with van der Waals surface area (Å²) >= 11 is 0. The fourth-order valence-electron chi connectivity index (χ4n) is 3.60. The molecule has 0 saturated heterocycles. The predicted molar refractivity (Wildman–Crippen MR) is 107 cm³/mol. The molecule has 1 amide bonds. The van der Waals surface area contributed by atoms with Crippen molar-refractivity contribution in [1.82, 2.24) is 4.90 Å². The number of allylic oxidation sites excluding steroid dienone is 1. The number of hydrogen-bond acceptors (Lipinski definition) is 4. The summed E-state index contributed by atoms with van der Waals surface area (Å²) in [6, 6.07) is 16.2. The number of hydrogen-bond donors (Lipinski definition) is 0. The van der Waals surface area contributed by atoms with Crippen LogP contribution in [0.25, 0.3) is 0 Å². The monoisotopic (exact) mass is 394 g/mol. The van der Waals surface area contributed by atoms with E-state index in [-0.39, 0.29) is 10.8 Å². The normalized spacial score (nSPS) is 14.5. The second kappa shape index (κ2) is 7.61. The van der Waals surface area contributed by atoms with Crippen LogP contribution in [0.5, 0.6) is 0 Å². The Kier molecular flexibility index (Phi) is 5.39. The summed E-state index contributed by atoms with van der Waals surface area (Å²) in [5.74, 6) is -0.117. The van der Waals surface area contributed by atoms with E-state index in [4.69, 9.17) is 5.26 Å². The Morgan fingerprint density at radius 3 is 2.46 bits per heavy atom. The van der Waals surface area contributed by atoms with Gasteiger partial charge in [-0.2, -0.15) is 5.26 Å². The molecule has 1 heterocycles. The van der Waals surface area contributed by atoms with Gasteiger partial charge in [-0.05, 0) is 43.0 Å². The first-order valence-corrected chi connectivity index (χ1v) is 10.6. The number of carbonyl (C=O) groups excluding carboxylic acids is 1. The topological polar surface area (TPSA) is 78.2 Å². The number of rotatable bonds is 4. The fraction of sp³-hybridized carbons (Fsp3) is 0.273. The van der Waals surface area contributed by atoms with E-state index in [1.54, 1.807) is 43.0 Å². The van der Waals surface area contributed by atoms with Gasteiger partial charge in [0.1, 0.15) is 0 Å². The van der Waals surface area contributed by atoms with Gasteiger partial charge in [-0.1, -0.05) is 42.5 Å². The summed E-state index contributed by atoms with van der Waals surface area (Å²) in [7, 11) is -3.82. The molecular weight excluding hydrogens is 372 g/mol. The van der Waals surface area contributed by atoms with E-state index in [0.717, 1.165) is 23.5 Å². The van der Waals surface area contributed by atoms with E-state index < -0.39 is 15.3 Å². The lowest BCUT2D eigenvalue weighted by atomic mass is 9.82. The first-order valence-electron chi connectivity index (χ1n) is 9.04. The zero-order chi connectivity index (χ0) is 20.4. The van der Waals surface area contributed by atoms with Gasteiger partial charge in [-0.15, -0.1) is 0 Å². The standard InChI is InChI=1S/C22H22N2O3S/c1-22(2,19-10-5-6-11-20(19)28(26,27)15-7-13-23)21(25)24-14-12-17-8-3-4-9-18(17)16-24/h3-11,15H,12,14,16H2,1-2H3/b15-7+. The second-order valence-corrected chi connectivity index (χ2v) is 9.15. The maximum absolute atomic E-state index is 13.4. The van der Waals surface area contributed by atoms with Crippen molar-refractivity contribution >= 4 is 15.7 Å². The molecule has 0 saturated carbocycles. The van der Waals surface area contributed by atoms with Crippen molar-refractivity contribution in [2.45, 2.75) is 37.1 Å². The molecule has 0 bridgehead atoms. The van der Waals surface area contributed by atoms with Crippen LogP contribution < -0.4 is 0 Å². The molecule has 0 aliphatic carbocycles. The third-order valence-corrected chi connectivity index (χ3v) is 6.60. The van der Waals surface area contributed by atoms with E-state index in [1.165, 1.54) is 11.6 Å². The lowest BCUT2D eigenvalue weighted by Crippen LogP contribution is -2.46. The average Bonchev–Trinajstić information content (AvgIpc) is 2.71. The molecule has 2 aromatic rings. The highest BCUT2D eigenvalue weighted by Gasteiger charge is 2.38. The lowest BCUT2D eigenvalue weighted by molar-refractivity contribution is -0.137. The molecule has 0 unspecified atom stereocenters. The summed E-state index contributed by atoms with van der Waals surface area (Å²) in [4.78, 5) is 15.2. The minimum atomic E-state index is -3.82. The van der Waals surface area contributed by atoms with Crippen LogP contribution in [0.1, 0.15) is 30.5 Å². The van der Waals surface area contributed by atoms with Crippen molar-refractivity contribution in [3.05, 3.63) is 76.7 Å². The van der Waals surface area contributed by atoms with Gasteiger partial charge in [0.2, 0.25) is 15.7 Å². The van der Waals surface area contributed by atoms with Crippen molar-refractivity contribution in [2.75, 3.05) is 6.54 Å². The Morgan fingerprint density at radius 1 is 1.11 bits per heavy atom. The van der Waals surface area contributed by atoms with Gasteiger partial charge in [0.15, 0.2) is 0 Å². The van der Waals surface area contributed by atoms with Crippen LogP contribution in [-0.4, -0.2) is 25.8 Å². The number of nitrogens with zero attached hydrogens (tertiary/aromatic N) is 2. The van der Waals surface area contributed by atoms with Gasteiger partial charge in [0, 0.05) is 24.6 Å². The first-order chi connectivity index (χ1) is 13.3. The highest BCUT2D eigenvalue weighted by atomic mass is 32.2. The van der Waals surface area contributed by atoms with Crippen molar-refractivity contribution in [2.24, 2.45) is 0 Å². The highest BCUT2D eigenvalue weighted by Crippen LogP contribution is 2.33. The third kappa shape index (κ3) is 3.71. The molecule has 0 fully saturated rings. The van der Waals surface area contributed by atoms with E-state index in [2.05, 4.69) is 6.07 Å². The molecular formula is C22H22N2O3S. The van der Waals surface area contributed by atoms with Crippen molar-refractivity contribution < 1.29 is 13.2 Å². The van der Waals surface area contributed by atoms with Gasteiger partial charge >= 0.3 is 0 Å². The van der Waals surface area contributed by atoms with Gasteiger partial charge in [-0.25, -0.2) is 8.42 Å². The van der Waals surface area contributed by atoms with Crippen LogP contribution in [0.4, 0.5) is 0 Å². The van der Waals surface area contributed by atoms with Crippen molar-refractivity contribution in [3.63, 3.8) is 0 Å². The second-order valence-electron chi connectivity index (χ2n) is 7.34. The van der Waals surface area contributed by atoms with Gasteiger partial charge in [0.05, 0.1) is 16.4 Å². The predicted octanol–water partition coefficient (Wildman–Crippen LogP) is 3.36. The van der Waals surface area contributed by atoms with Gasteiger partial charge < -0.3 is 4.90 Å². The largest absolute Gasteiger partial charge is 0.337 e. The summed E-state index contributed by atoms with van der Waals surface area (Å²) in [5, 5.41) is 9.56. The lowest BCUT2D eigenvalue weighted by Gasteiger charge is -2.36. The summed E-state index contributed by atoms with van der Waals surface area (Å²) in [6.45, 7) is 4.61. The Bertz CT molecular complexity index is 1080. The molecule has 1 aliphatic rings. The molecule has 0 radical (unpaired) electrons. The first kappa shape index (κ1) is 19.8. The van der Waals surface area contributed by atoms with E-state index >= 15 is 0 Å². The number of benzene rings is 2. The van der Waals surface area contributed by atoms with Crippen LogP contribution in [-0.2, 0) is 33.0 Å². The van der Waals surface area contributed by atoms with Crippen LogP contribution in [0.3, 0.4) is 0 Å². The van der Waals surface area contributed by atoms with Crippen molar-refractivity contribution in [3.8, 4) is 6.07 Å². The van der Waals surface area contributed by atoms with E-state index in [1.807, 2.05) is 18.2 Å². The number of sulfone groups is 1. The zero-order valence-corrected chi connectivity index (χ0v) is 16.7. The quantitative estimate of drug-likeness (QED) is 0.745. The molecule has 1 aliphatic heterocycles. The summed E-state index contributed by atoms with van der Waals surface area (Å²) in [6.07, 6.45) is 1.71. The van der Waals surface area contributed by atoms with Crippen LogP contribution in [0.15, 0.2) is 64.9 Å². The number of fused-ring (bicyclic) bond motifs is 1. The van der Waals surface area contributed by atoms with Crippen LogP contribution in [0, 0.1) is 11.3 Å². The molecule has 6 heteroatoms. The van der Waals surface area contributed by atoms with Gasteiger partial charge in [-0.3, -0.25) is 4.79 Å². The average molecular weight is 394 g/mol. The highest BCUT2D eigenvalue weighted by molar-refractivity contribution is 7.94. The van der Waals surface area contributed by atoms with E-state index in [9.17, 15) is 13.2 Å². The minimum absolute atomic E-state index is 0.0530. The summed E-state index contributed by atoms with van der Waals surface area (Å²) in [5.41, 5.74) is 1.77. The Balaban J connectivity index is 1.97. The molecule has 5 nitrogen and oxygen atoms in total. The maximum Gasteiger partial charge on any atom is 0.233 e. The Labute approximate surface area is 165 Å². The fourth-order valence-corrected chi connectivity index (χ4v) is 4.89. The van der Waals surface area contributed by atoms with E-state index in [0.29, 0.717) is 18.7 Å². The number of amides is 1. The molecule has 0 spiro atoms. The van der Waals surface area contributed by atoms with Crippen LogP contribution in [0.2, 0.25) is 0 Å². The maximum atomic E-state index is 13.4. The smallest absolute Gasteiger partial charge is 0.233 e. The zero-order valence-electron chi connectivity index (χ0n) is 15.9. The molecule has 28 heavy (non-hydrogen) atoms. The minimum Gasteiger partial charge on any atom is -0.337 e. The molecule has 144 valence electrons. The van der Waals surface area contributed by atoms with Gasteiger partial charge in [0.25, 0.3) is 0 Å². The Morgan fingerprint density at radius 2 is 1.75 bits per heavy atom. The molecule has 3 rings (SSSR count). The molecule has 0 aromatic heterocycles. The van der Waals surface area contributed by atoms with Crippen LogP contribution >= 0.6 is 0 Å². The summed E-state index contributed by atoms with van der Waals surface area (Å²) < 4.78 is 25.3. The number of nitriles is 1.